The van der Waals surface area contributed by atoms with Crippen molar-refractivity contribution in [2.45, 2.75) is 13.3 Å². The molecule has 2 rings (SSSR count). The number of rotatable bonds is 3. The van der Waals surface area contributed by atoms with Crippen LogP contribution < -0.4 is 5.69 Å². The first-order valence-electron chi connectivity index (χ1n) is 5.51. The number of nitrogens with zero attached hydrogens (tertiary/aromatic N) is 1. The van der Waals surface area contributed by atoms with E-state index in [1.807, 2.05) is 6.92 Å². The Morgan fingerprint density at radius 1 is 1.33 bits per heavy atom. The van der Waals surface area contributed by atoms with Crippen LogP contribution in [0.3, 0.4) is 0 Å². The Kier molecular flexibility index (Phi) is 3.40. The number of hydrogen-bond acceptors (Lipinski definition) is 3. The predicted octanol–water partition coefficient (Wildman–Crippen LogP) is 1.90. The summed E-state index contributed by atoms with van der Waals surface area (Å²) in [5.74, 6) is 0. The Labute approximate surface area is 109 Å². The lowest BCUT2D eigenvalue weighted by Gasteiger charge is -2.03. The molecule has 1 aromatic carbocycles. The highest BCUT2D eigenvalue weighted by Gasteiger charge is 2.12. The standard InChI is InChI=1S/C13H11N3OS/c1-2-10-11(16-13(17)15-10)12(18)9-5-3-8(7-14)4-6-9/h3-6H,2H2,1H3,(H2,15,16,17). The molecule has 1 aromatic heterocycles. The highest BCUT2D eigenvalue weighted by molar-refractivity contribution is 7.81. The second-order valence-corrected chi connectivity index (χ2v) is 4.21. The summed E-state index contributed by atoms with van der Waals surface area (Å²) in [6, 6.07) is 9.03. The van der Waals surface area contributed by atoms with Crippen LogP contribution in [0.1, 0.15) is 29.4 Å². The molecular weight excluding hydrogens is 246 g/mol. The van der Waals surface area contributed by atoms with E-state index in [9.17, 15) is 4.79 Å². The molecule has 0 aliphatic rings. The number of nitriles is 1. The maximum atomic E-state index is 11.3. The van der Waals surface area contributed by atoms with E-state index < -0.39 is 0 Å². The molecule has 0 amide bonds. The number of thiocarbonyl (C=S) groups is 1. The molecule has 0 saturated carbocycles. The number of nitrogens with one attached hydrogen (secondary N) is 2. The molecule has 18 heavy (non-hydrogen) atoms. The molecule has 1 heterocycles. The zero-order valence-corrected chi connectivity index (χ0v) is 10.6. The van der Waals surface area contributed by atoms with Crippen molar-refractivity contribution in [2.24, 2.45) is 0 Å². The molecule has 0 atom stereocenters. The first-order chi connectivity index (χ1) is 8.65. The molecule has 2 aromatic rings. The van der Waals surface area contributed by atoms with E-state index >= 15 is 0 Å². The van der Waals surface area contributed by atoms with Crippen LogP contribution in [-0.4, -0.2) is 14.8 Å². The number of aromatic nitrogens is 2. The summed E-state index contributed by atoms with van der Waals surface area (Å²) >= 11 is 5.36. The van der Waals surface area contributed by atoms with Crippen molar-refractivity contribution in [2.75, 3.05) is 0 Å². The molecule has 0 bridgehead atoms. The SMILES string of the molecule is CCc1[nH]c(=O)[nH]c1C(=S)c1ccc(C#N)cc1. The third-order valence-corrected chi connectivity index (χ3v) is 3.10. The van der Waals surface area contributed by atoms with E-state index in [0.29, 0.717) is 22.5 Å². The van der Waals surface area contributed by atoms with Crippen LogP contribution in [-0.2, 0) is 6.42 Å². The first-order valence-corrected chi connectivity index (χ1v) is 5.92. The van der Waals surface area contributed by atoms with Crippen LogP contribution in [0.15, 0.2) is 29.1 Å². The summed E-state index contributed by atoms with van der Waals surface area (Å²) in [6.07, 6.45) is 0.699. The fourth-order valence-corrected chi connectivity index (χ4v) is 2.03. The minimum atomic E-state index is -0.252. The van der Waals surface area contributed by atoms with Gasteiger partial charge in [-0.2, -0.15) is 5.26 Å². The van der Waals surface area contributed by atoms with E-state index in [-0.39, 0.29) is 5.69 Å². The average molecular weight is 257 g/mol. The van der Waals surface area contributed by atoms with E-state index in [4.69, 9.17) is 17.5 Å². The number of aryl methyl sites for hydroxylation is 1. The lowest BCUT2D eigenvalue weighted by molar-refractivity contribution is 1.04. The van der Waals surface area contributed by atoms with Gasteiger partial charge in [0.15, 0.2) is 0 Å². The van der Waals surface area contributed by atoms with E-state index in [0.717, 1.165) is 11.3 Å². The van der Waals surface area contributed by atoms with Gasteiger partial charge in [-0.15, -0.1) is 0 Å². The van der Waals surface area contributed by atoms with Crippen LogP contribution in [0, 0.1) is 11.3 Å². The second kappa shape index (κ2) is 4.98. The topological polar surface area (TPSA) is 72.4 Å². The molecule has 0 saturated heterocycles. The number of imidazole rings is 1. The lowest BCUT2D eigenvalue weighted by atomic mass is 10.1. The Bertz CT molecular complexity index is 673. The lowest BCUT2D eigenvalue weighted by Crippen LogP contribution is -2.05. The van der Waals surface area contributed by atoms with E-state index in [1.165, 1.54) is 0 Å². The average Bonchev–Trinajstić information content (AvgIpc) is 2.79. The van der Waals surface area contributed by atoms with Crippen molar-refractivity contribution in [1.82, 2.24) is 9.97 Å². The molecule has 0 aliphatic heterocycles. The van der Waals surface area contributed by atoms with Crippen molar-refractivity contribution >= 4 is 17.1 Å². The maximum absolute atomic E-state index is 11.3. The largest absolute Gasteiger partial charge is 0.323 e. The molecule has 4 nitrogen and oxygen atoms in total. The number of hydrogen-bond donors (Lipinski definition) is 2. The third-order valence-electron chi connectivity index (χ3n) is 2.66. The van der Waals surface area contributed by atoms with Gasteiger partial charge < -0.3 is 9.97 Å². The highest BCUT2D eigenvalue weighted by Crippen LogP contribution is 2.12. The minimum absolute atomic E-state index is 0.252. The van der Waals surface area contributed by atoms with Crippen molar-refractivity contribution in [3.63, 3.8) is 0 Å². The molecule has 2 N–H and O–H groups in total. The Morgan fingerprint density at radius 3 is 2.56 bits per heavy atom. The zero-order valence-electron chi connectivity index (χ0n) is 9.78. The molecule has 0 fully saturated rings. The van der Waals surface area contributed by atoms with Gasteiger partial charge in [-0.05, 0) is 24.1 Å². The van der Waals surface area contributed by atoms with Crippen LogP contribution in [0.4, 0.5) is 0 Å². The molecule has 0 unspecified atom stereocenters. The Hall–Kier alpha value is -2.19. The molecular formula is C13H11N3OS. The van der Waals surface area contributed by atoms with Gasteiger partial charge in [-0.25, -0.2) is 4.79 Å². The van der Waals surface area contributed by atoms with Gasteiger partial charge in [0, 0.05) is 5.69 Å². The van der Waals surface area contributed by atoms with Crippen LogP contribution >= 0.6 is 12.2 Å². The summed E-state index contributed by atoms with van der Waals surface area (Å²) < 4.78 is 0. The normalized spacial score (nSPS) is 10.0. The summed E-state index contributed by atoms with van der Waals surface area (Å²) in [7, 11) is 0. The monoisotopic (exact) mass is 257 g/mol. The summed E-state index contributed by atoms with van der Waals surface area (Å²) in [5.41, 5.74) is 2.60. The molecule has 5 heteroatoms. The van der Waals surface area contributed by atoms with Crippen LogP contribution in [0.25, 0.3) is 0 Å². The van der Waals surface area contributed by atoms with Gasteiger partial charge in [0.25, 0.3) is 0 Å². The predicted molar refractivity (Wildman–Crippen MR) is 72.8 cm³/mol. The fraction of sp³-hybridized carbons (Fsp3) is 0.154. The maximum Gasteiger partial charge on any atom is 0.323 e. The van der Waals surface area contributed by atoms with Crippen molar-refractivity contribution < 1.29 is 0 Å². The zero-order chi connectivity index (χ0) is 13.1. The van der Waals surface area contributed by atoms with Crippen LogP contribution in [0.5, 0.6) is 0 Å². The first kappa shape index (κ1) is 12.3. The summed E-state index contributed by atoms with van der Waals surface area (Å²) in [5, 5.41) is 8.73. The van der Waals surface area contributed by atoms with Crippen molar-refractivity contribution in [3.05, 3.63) is 57.3 Å². The fourth-order valence-electron chi connectivity index (χ4n) is 1.72. The number of aromatic amines is 2. The number of benzene rings is 1. The molecule has 0 aliphatic carbocycles. The van der Waals surface area contributed by atoms with E-state index in [2.05, 4.69) is 16.0 Å². The molecule has 0 spiro atoms. The van der Waals surface area contributed by atoms with Crippen LogP contribution in [0.2, 0.25) is 0 Å². The number of H-pyrrole nitrogens is 2. The smallest absolute Gasteiger partial charge is 0.309 e. The van der Waals surface area contributed by atoms with Gasteiger partial charge in [0.2, 0.25) is 0 Å². The molecule has 0 radical (unpaired) electrons. The summed E-state index contributed by atoms with van der Waals surface area (Å²) in [4.78, 5) is 17.3. The van der Waals surface area contributed by atoms with Crippen molar-refractivity contribution in [1.29, 1.82) is 5.26 Å². The minimum Gasteiger partial charge on any atom is -0.309 e. The van der Waals surface area contributed by atoms with Gasteiger partial charge >= 0.3 is 5.69 Å². The summed E-state index contributed by atoms with van der Waals surface area (Å²) in [6.45, 7) is 1.95. The third kappa shape index (κ3) is 2.24. The highest BCUT2D eigenvalue weighted by atomic mass is 32.1. The molecule has 90 valence electrons. The second-order valence-electron chi connectivity index (χ2n) is 3.80. The van der Waals surface area contributed by atoms with Gasteiger partial charge in [-0.1, -0.05) is 31.3 Å². The van der Waals surface area contributed by atoms with Gasteiger partial charge in [-0.3, -0.25) is 0 Å². The Morgan fingerprint density at radius 2 is 2.00 bits per heavy atom. The van der Waals surface area contributed by atoms with Gasteiger partial charge in [0.05, 0.1) is 22.2 Å². The quantitative estimate of drug-likeness (QED) is 0.651. The van der Waals surface area contributed by atoms with Crippen molar-refractivity contribution in [3.8, 4) is 6.07 Å². The van der Waals surface area contributed by atoms with Gasteiger partial charge in [0.1, 0.15) is 0 Å². The van der Waals surface area contributed by atoms with E-state index in [1.54, 1.807) is 24.3 Å². The Balaban J connectivity index is 2.41.